The number of aliphatic hydroxyl groups is 2. The lowest BCUT2D eigenvalue weighted by atomic mass is 9.86. The summed E-state index contributed by atoms with van der Waals surface area (Å²) in [5, 5.41) is 26.5. The second-order valence-electron chi connectivity index (χ2n) is 17.3. The Hall–Kier alpha value is -3.92. The topological polar surface area (TPSA) is 168 Å². The van der Waals surface area contributed by atoms with E-state index < -0.39 is 0 Å². The largest absolute Gasteiger partial charge is 0.396 e. The fraction of sp³-hybridized carbons (Fsp3) is 0.652. The standard InChI is InChI=1S/2C23H33N3O4/c2*1-3-5-16-6-7-18-21-20(22(28)24-4-2)17(14-27)19(13-26(18)23(16)29)25(21)12-15-8-10-30-11-9-15/h2*3,5-7,15,17,19-21,27H,4,8-14H2,1-2H3,(H,24,28)/b5-3+;5-3-/t2*17-,19-,20+,21+/m00/s1. The highest BCUT2D eigenvalue weighted by Crippen LogP contribution is 2.50. The van der Waals surface area contributed by atoms with Crippen molar-refractivity contribution in [3.05, 3.63) is 79.6 Å². The number of ether oxygens (including phenoxy) is 2. The summed E-state index contributed by atoms with van der Waals surface area (Å²) in [6.45, 7) is 14.5. The first-order valence-electron chi connectivity index (χ1n) is 22.4. The van der Waals surface area contributed by atoms with Crippen LogP contribution in [-0.4, -0.2) is 119 Å². The number of hydrogen-bond donors (Lipinski definition) is 4. The lowest BCUT2D eigenvalue weighted by molar-refractivity contribution is -0.128. The number of carbonyl (C=O) groups is 2. The summed E-state index contributed by atoms with van der Waals surface area (Å²) in [5.41, 5.74) is 3.08. The molecular weight excluding hydrogens is 765 g/mol. The fourth-order valence-corrected chi connectivity index (χ4v) is 11.2. The maximum absolute atomic E-state index is 13.1. The number of pyridine rings is 2. The third-order valence-corrected chi connectivity index (χ3v) is 14.0. The predicted molar refractivity (Wildman–Crippen MR) is 230 cm³/mol. The number of amides is 2. The van der Waals surface area contributed by atoms with Gasteiger partial charge in [0.05, 0.1) is 23.9 Å². The third-order valence-electron chi connectivity index (χ3n) is 14.0. The second kappa shape index (κ2) is 19.9. The monoisotopic (exact) mass is 830 g/mol. The van der Waals surface area contributed by atoms with E-state index >= 15 is 0 Å². The van der Waals surface area contributed by atoms with Crippen LogP contribution in [0.2, 0.25) is 0 Å². The van der Waals surface area contributed by atoms with Crippen molar-refractivity contribution in [3.8, 4) is 0 Å². The van der Waals surface area contributed by atoms with Crippen molar-refractivity contribution < 1.29 is 29.3 Å². The van der Waals surface area contributed by atoms with E-state index in [1.807, 2.05) is 85.4 Å². The van der Waals surface area contributed by atoms with Crippen LogP contribution < -0.4 is 21.8 Å². The van der Waals surface area contributed by atoms with Crippen LogP contribution >= 0.6 is 0 Å². The number of carbonyl (C=O) groups excluding carboxylic acids is 2. The van der Waals surface area contributed by atoms with Gasteiger partial charge in [0.15, 0.2) is 0 Å². The molecule has 2 aromatic heterocycles. The normalized spacial score (nSPS) is 29.3. The van der Waals surface area contributed by atoms with Crippen LogP contribution in [0.25, 0.3) is 12.2 Å². The molecule has 14 nitrogen and oxygen atoms in total. The number of rotatable bonds is 12. The number of nitrogens with zero attached hydrogens (tertiary/aromatic N) is 4. The molecule has 4 saturated heterocycles. The Morgan fingerprint density at radius 3 is 1.38 bits per heavy atom. The molecule has 2 amide bonds. The SMILES string of the molecule is C/C=C/c1ccc2n(c1=O)C[C@H]1[C@H](CO)[C@@H](C(=O)NCC)[C@@H]2N1CC1CCOCC1.C/C=C\c1ccc2n(c1=O)C[C@H]1[C@H](CO)[C@@H](C(=O)NCC)[C@@H]2N1CC1CCOCC1. The molecule has 4 fully saturated rings. The molecule has 0 saturated carbocycles. The van der Waals surface area contributed by atoms with E-state index in [0.29, 0.717) is 49.1 Å². The molecule has 8 atom stereocenters. The number of hydrogen-bond acceptors (Lipinski definition) is 10. The van der Waals surface area contributed by atoms with Gasteiger partial charge in [-0.25, -0.2) is 0 Å². The molecular formula is C46H66N6O8. The molecule has 6 aliphatic rings. The second-order valence-corrected chi connectivity index (χ2v) is 17.3. The molecule has 2 aromatic rings. The first-order chi connectivity index (χ1) is 29.2. The van der Waals surface area contributed by atoms with Gasteiger partial charge in [0.2, 0.25) is 11.8 Å². The van der Waals surface area contributed by atoms with Gasteiger partial charge in [-0.3, -0.25) is 29.0 Å². The van der Waals surface area contributed by atoms with Crippen molar-refractivity contribution in [3.63, 3.8) is 0 Å². The summed E-state index contributed by atoms with van der Waals surface area (Å²) < 4.78 is 14.7. The number of aliphatic hydroxyl groups excluding tert-OH is 2. The summed E-state index contributed by atoms with van der Waals surface area (Å²) in [4.78, 5) is 57.3. The number of fused-ring (bicyclic) bond motifs is 8. The van der Waals surface area contributed by atoms with Gasteiger partial charge in [0.25, 0.3) is 11.1 Å². The maximum atomic E-state index is 13.1. The van der Waals surface area contributed by atoms with Crippen LogP contribution in [0, 0.1) is 35.5 Å². The van der Waals surface area contributed by atoms with E-state index in [1.165, 1.54) is 0 Å². The highest BCUT2D eigenvalue weighted by molar-refractivity contribution is 5.81. The predicted octanol–water partition coefficient (Wildman–Crippen LogP) is 2.82. The van der Waals surface area contributed by atoms with E-state index in [2.05, 4.69) is 20.4 Å². The molecule has 0 aliphatic carbocycles. The van der Waals surface area contributed by atoms with Crippen LogP contribution in [0.3, 0.4) is 0 Å². The van der Waals surface area contributed by atoms with Crippen LogP contribution in [0.4, 0.5) is 0 Å². The van der Waals surface area contributed by atoms with Crippen LogP contribution in [0.1, 0.15) is 88.0 Å². The van der Waals surface area contributed by atoms with E-state index in [1.54, 1.807) is 0 Å². The van der Waals surface area contributed by atoms with Gasteiger partial charge < -0.3 is 39.5 Å². The first-order valence-corrected chi connectivity index (χ1v) is 22.4. The molecule has 8 heterocycles. The molecule has 4 N–H and O–H groups in total. The van der Waals surface area contributed by atoms with Crippen molar-refractivity contribution in [2.75, 3.05) is 65.8 Å². The highest BCUT2D eigenvalue weighted by Gasteiger charge is 2.57. The maximum Gasteiger partial charge on any atom is 0.258 e. The van der Waals surface area contributed by atoms with Crippen LogP contribution in [-0.2, 0) is 32.2 Å². The van der Waals surface area contributed by atoms with Gasteiger partial charge in [0.1, 0.15) is 0 Å². The smallest absolute Gasteiger partial charge is 0.258 e. The summed E-state index contributed by atoms with van der Waals surface area (Å²) in [6, 6.07) is 7.29. The molecule has 14 heteroatoms. The fourth-order valence-electron chi connectivity index (χ4n) is 11.2. The Morgan fingerprint density at radius 1 is 0.667 bits per heavy atom. The highest BCUT2D eigenvalue weighted by atomic mass is 16.5. The van der Waals surface area contributed by atoms with Gasteiger partial charge in [-0.1, -0.05) is 24.3 Å². The third kappa shape index (κ3) is 8.48. The van der Waals surface area contributed by atoms with Gasteiger partial charge in [-0.05, 0) is 89.5 Å². The van der Waals surface area contributed by atoms with Gasteiger partial charge in [-0.2, -0.15) is 0 Å². The lowest BCUT2D eigenvalue weighted by Gasteiger charge is -2.40. The molecule has 4 bridgehead atoms. The number of aromatic nitrogens is 2. The van der Waals surface area contributed by atoms with E-state index in [-0.39, 0.29) is 84.0 Å². The number of allylic oxidation sites excluding steroid dienone is 2. The van der Waals surface area contributed by atoms with Crippen molar-refractivity contribution in [1.29, 1.82) is 0 Å². The summed E-state index contributed by atoms with van der Waals surface area (Å²) in [6.07, 6.45) is 11.4. The van der Waals surface area contributed by atoms with Gasteiger partial charge in [0, 0.05) is 125 Å². The molecule has 0 unspecified atom stereocenters. The summed E-state index contributed by atoms with van der Waals surface area (Å²) >= 11 is 0. The first kappa shape index (κ1) is 44.1. The summed E-state index contributed by atoms with van der Waals surface area (Å²) in [7, 11) is 0. The Morgan fingerprint density at radius 2 is 1.05 bits per heavy atom. The molecule has 0 spiro atoms. The lowest BCUT2D eigenvalue weighted by Crippen LogP contribution is -2.48. The van der Waals surface area contributed by atoms with Crippen molar-refractivity contribution in [2.24, 2.45) is 35.5 Å². The van der Waals surface area contributed by atoms with Gasteiger partial charge >= 0.3 is 0 Å². The van der Waals surface area contributed by atoms with E-state index in [4.69, 9.17) is 9.47 Å². The van der Waals surface area contributed by atoms with Crippen molar-refractivity contribution in [1.82, 2.24) is 29.6 Å². The molecule has 0 radical (unpaired) electrons. The van der Waals surface area contributed by atoms with Crippen LogP contribution in [0.15, 0.2) is 46.0 Å². The molecule has 60 heavy (non-hydrogen) atoms. The Labute approximate surface area is 353 Å². The average Bonchev–Trinajstić information content (AvgIpc) is 3.59. The Kier molecular flexibility index (Phi) is 14.6. The zero-order valence-corrected chi connectivity index (χ0v) is 35.8. The van der Waals surface area contributed by atoms with Crippen LogP contribution in [0.5, 0.6) is 0 Å². The Bertz CT molecular complexity index is 1860. The summed E-state index contributed by atoms with van der Waals surface area (Å²) in [5.74, 6) is -0.134. The van der Waals surface area contributed by atoms with E-state index in [9.17, 15) is 29.4 Å². The average molecular weight is 831 g/mol. The Balaban J connectivity index is 0.000000181. The molecule has 328 valence electrons. The number of nitrogens with one attached hydrogen (secondary N) is 2. The minimum absolute atomic E-state index is 0.0143. The molecule has 6 aliphatic heterocycles. The quantitative estimate of drug-likeness (QED) is 0.250. The van der Waals surface area contributed by atoms with Crippen molar-refractivity contribution in [2.45, 2.75) is 90.6 Å². The minimum Gasteiger partial charge on any atom is -0.396 e. The van der Waals surface area contributed by atoms with Crippen molar-refractivity contribution >= 4 is 24.0 Å². The molecule has 8 rings (SSSR count). The van der Waals surface area contributed by atoms with Gasteiger partial charge in [-0.15, -0.1) is 0 Å². The van der Waals surface area contributed by atoms with E-state index in [0.717, 1.165) is 76.6 Å². The zero-order valence-electron chi connectivity index (χ0n) is 35.8. The minimum atomic E-state index is -0.361. The zero-order chi connectivity index (χ0) is 42.5. The molecule has 0 aromatic carbocycles.